The van der Waals surface area contributed by atoms with Crippen LogP contribution in [0.2, 0.25) is 0 Å². The number of hydrogen-bond donors (Lipinski definition) is 0. The van der Waals surface area contributed by atoms with E-state index in [0.717, 1.165) is 17.4 Å². The van der Waals surface area contributed by atoms with Gasteiger partial charge >= 0.3 is 5.97 Å². The first kappa shape index (κ1) is 14.6. The van der Waals surface area contributed by atoms with Crippen LogP contribution >= 0.6 is 0 Å². The molecule has 0 unspecified atom stereocenters. The SMILES string of the molecule is C=C/C(C)=C\N=CN=CC(=O)OCc1ccccc1. The number of carbonyl (C=O) groups is 1. The minimum Gasteiger partial charge on any atom is -0.457 e. The van der Waals surface area contributed by atoms with Gasteiger partial charge in [-0.3, -0.25) is 0 Å². The van der Waals surface area contributed by atoms with Crippen LogP contribution in [0.1, 0.15) is 12.5 Å². The minimum absolute atomic E-state index is 0.234. The summed E-state index contributed by atoms with van der Waals surface area (Å²) in [5.74, 6) is -0.500. The van der Waals surface area contributed by atoms with Crippen LogP contribution in [-0.4, -0.2) is 18.5 Å². The summed E-state index contributed by atoms with van der Waals surface area (Å²) in [6, 6.07) is 9.45. The minimum atomic E-state index is -0.500. The Balaban J connectivity index is 2.33. The molecule has 0 aliphatic rings. The van der Waals surface area contributed by atoms with Gasteiger partial charge in [-0.1, -0.05) is 43.0 Å². The Labute approximate surface area is 112 Å². The maximum atomic E-state index is 11.3. The third-order valence-electron chi connectivity index (χ3n) is 2.14. The van der Waals surface area contributed by atoms with Crippen molar-refractivity contribution < 1.29 is 9.53 Å². The summed E-state index contributed by atoms with van der Waals surface area (Å²) in [5, 5.41) is 0. The maximum absolute atomic E-state index is 11.3. The molecular weight excluding hydrogens is 240 g/mol. The summed E-state index contributed by atoms with van der Waals surface area (Å²) in [4.78, 5) is 18.9. The summed E-state index contributed by atoms with van der Waals surface area (Å²) in [6.07, 6.45) is 5.63. The highest BCUT2D eigenvalue weighted by Gasteiger charge is 1.97. The third-order valence-corrected chi connectivity index (χ3v) is 2.14. The van der Waals surface area contributed by atoms with Crippen molar-refractivity contribution in [3.63, 3.8) is 0 Å². The maximum Gasteiger partial charge on any atom is 0.349 e. The van der Waals surface area contributed by atoms with Gasteiger partial charge in [0.05, 0.1) is 0 Å². The Morgan fingerprint density at radius 1 is 1.32 bits per heavy atom. The van der Waals surface area contributed by atoms with E-state index >= 15 is 0 Å². The Kier molecular flexibility index (Phi) is 6.58. The summed E-state index contributed by atoms with van der Waals surface area (Å²) in [6.45, 7) is 5.68. The smallest absolute Gasteiger partial charge is 0.349 e. The Hall–Kier alpha value is -2.49. The van der Waals surface area contributed by atoms with Crippen LogP contribution in [0, 0.1) is 0 Å². The first-order valence-corrected chi connectivity index (χ1v) is 5.77. The molecule has 0 saturated carbocycles. The predicted molar refractivity (Wildman–Crippen MR) is 77.2 cm³/mol. The van der Waals surface area contributed by atoms with E-state index in [4.69, 9.17) is 4.74 Å². The number of esters is 1. The predicted octanol–water partition coefficient (Wildman–Crippen LogP) is 2.92. The molecule has 0 radical (unpaired) electrons. The molecule has 0 heterocycles. The van der Waals surface area contributed by atoms with Gasteiger partial charge in [-0.05, 0) is 18.1 Å². The second-order valence-corrected chi connectivity index (χ2v) is 3.71. The lowest BCUT2D eigenvalue weighted by Crippen LogP contribution is -2.05. The molecule has 0 aliphatic heterocycles. The fourth-order valence-corrected chi connectivity index (χ4v) is 1.10. The molecule has 0 amide bonds. The number of hydrogen-bond acceptors (Lipinski definition) is 3. The average Bonchev–Trinajstić information content (AvgIpc) is 2.45. The standard InChI is InChI=1S/C15H16N2O2/c1-3-13(2)9-16-12-17-10-15(18)19-11-14-7-5-4-6-8-14/h3-10,12H,1,11H2,2H3/b13-9-,16-12?,17-10?. The van der Waals surface area contributed by atoms with Crippen molar-refractivity contribution in [3.8, 4) is 0 Å². The highest BCUT2D eigenvalue weighted by molar-refractivity contribution is 6.24. The molecule has 0 N–H and O–H groups in total. The monoisotopic (exact) mass is 256 g/mol. The molecule has 0 bridgehead atoms. The highest BCUT2D eigenvalue weighted by Crippen LogP contribution is 1.99. The second kappa shape index (κ2) is 8.58. The van der Waals surface area contributed by atoms with Crippen molar-refractivity contribution in [2.45, 2.75) is 13.5 Å². The van der Waals surface area contributed by atoms with Crippen LogP contribution in [0.25, 0.3) is 0 Å². The molecular formula is C15H16N2O2. The molecule has 0 saturated heterocycles. The topological polar surface area (TPSA) is 51.0 Å². The summed E-state index contributed by atoms with van der Waals surface area (Å²) < 4.78 is 5.00. The number of carbonyl (C=O) groups excluding carboxylic acids is 1. The van der Waals surface area contributed by atoms with E-state index in [2.05, 4.69) is 16.6 Å². The summed E-state index contributed by atoms with van der Waals surface area (Å²) in [7, 11) is 0. The van der Waals surface area contributed by atoms with Gasteiger partial charge in [-0.25, -0.2) is 14.8 Å². The summed E-state index contributed by atoms with van der Waals surface area (Å²) >= 11 is 0. The van der Waals surface area contributed by atoms with Crippen LogP contribution in [0.4, 0.5) is 0 Å². The molecule has 1 aromatic carbocycles. The zero-order valence-electron chi connectivity index (χ0n) is 10.8. The van der Waals surface area contributed by atoms with Crippen molar-refractivity contribution in [1.82, 2.24) is 0 Å². The lowest BCUT2D eigenvalue weighted by molar-refractivity contribution is -0.136. The van der Waals surface area contributed by atoms with E-state index in [-0.39, 0.29) is 6.61 Å². The second-order valence-electron chi connectivity index (χ2n) is 3.71. The first-order chi connectivity index (χ1) is 9.22. The van der Waals surface area contributed by atoms with Crippen LogP contribution in [0.15, 0.2) is 64.7 Å². The fraction of sp³-hybridized carbons (Fsp3) is 0.133. The van der Waals surface area contributed by atoms with Crippen molar-refractivity contribution in [3.05, 3.63) is 60.3 Å². The largest absolute Gasteiger partial charge is 0.457 e. The summed E-state index contributed by atoms with van der Waals surface area (Å²) in [5.41, 5.74) is 1.85. The van der Waals surface area contributed by atoms with Gasteiger partial charge in [-0.2, -0.15) is 0 Å². The van der Waals surface area contributed by atoms with Gasteiger partial charge < -0.3 is 4.74 Å². The zero-order valence-corrected chi connectivity index (χ0v) is 10.8. The molecule has 98 valence electrons. The van der Waals surface area contributed by atoms with Crippen LogP contribution in [0.3, 0.4) is 0 Å². The molecule has 4 heteroatoms. The zero-order chi connectivity index (χ0) is 13.9. The molecule has 0 atom stereocenters. The van der Waals surface area contributed by atoms with E-state index in [1.165, 1.54) is 6.34 Å². The Morgan fingerprint density at radius 2 is 2.05 bits per heavy atom. The Bertz CT molecular complexity index is 502. The van der Waals surface area contributed by atoms with E-state index in [9.17, 15) is 4.79 Å². The molecule has 0 fully saturated rings. The van der Waals surface area contributed by atoms with Crippen molar-refractivity contribution in [2.24, 2.45) is 9.98 Å². The third kappa shape index (κ3) is 6.73. The molecule has 1 aromatic rings. The fourth-order valence-electron chi connectivity index (χ4n) is 1.10. The van der Waals surface area contributed by atoms with Gasteiger partial charge in [0.15, 0.2) is 0 Å². The van der Waals surface area contributed by atoms with Crippen molar-refractivity contribution in [1.29, 1.82) is 0 Å². The molecule has 0 spiro atoms. The average molecular weight is 256 g/mol. The molecule has 4 nitrogen and oxygen atoms in total. The van der Waals surface area contributed by atoms with Gasteiger partial charge in [0.2, 0.25) is 0 Å². The number of allylic oxidation sites excluding steroid dienone is 2. The van der Waals surface area contributed by atoms with E-state index < -0.39 is 5.97 Å². The van der Waals surface area contributed by atoms with Crippen LogP contribution in [-0.2, 0) is 16.1 Å². The van der Waals surface area contributed by atoms with E-state index in [0.29, 0.717) is 0 Å². The quantitative estimate of drug-likeness (QED) is 0.340. The van der Waals surface area contributed by atoms with Gasteiger partial charge in [-0.15, -0.1) is 0 Å². The van der Waals surface area contributed by atoms with Gasteiger partial charge in [0.25, 0.3) is 0 Å². The molecule has 0 aliphatic carbocycles. The molecule has 19 heavy (non-hydrogen) atoms. The van der Waals surface area contributed by atoms with Crippen LogP contribution in [0.5, 0.6) is 0 Å². The number of aliphatic imine (C=N–C) groups is 2. The molecule has 1 rings (SSSR count). The first-order valence-electron chi connectivity index (χ1n) is 5.77. The Morgan fingerprint density at radius 3 is 2.74 bits per heavy atom. The van der Waals surface area contributed by atoms with Gasteiger partial charge in [0, 0.05) is 6.20 Å². The van der Waals surface area contributed by atoms with Crippen LogP contribution < -0.4 is 0 Å². The van der Waals surface area contributed by atoms with E-state index in [1.807, 2.05) is 37.3 Å². The van der Waals surface area contributed by atoms with Crippen molar-refractivity contribution in [2.75, 3.05) is 0 Å². The number of benzene rings is 1. The lowest BCUT2D eigenvalue weighted by Gasteiger charge is -2.00. The van der Waals surface area contributed by atoms with Gasteiger partial charge in [0.1, 0.15) is 19.2 Å². The number of nitrogens with zero attached hydrogens (tertiary/aromatic N) is 2. The normalized spacial score (nSPS) is 11.9. The van der Waals surface area contributed by atoms with E-state index in [1.54, 1.807) is 12.3 Å². The molecule has 0 aromatic heterocycles. The number of rotatable bonds is 6. The lowest BCUT2D eigenvalue weighted by atomic mass is 10.2. The van der Waals surface area contributed by atoms with Crippen molar-refractivity contribution >= 4 is 18.5 Å². The highest BCUT2D eigenvalue weighted by atomic mass is 16.5. The number of ether oxygens (including phenoxy) is 1.